The van der Waals surface area contributed by atoms with Crippen molar-refractivity contribution in [1.82, 2.24) is 0 Å². The Balaban J connectivity index is 3.15. The van der Waals surface area contributed by atoms with Gasteiger partial charge in [0.15, 0.2) is 6.10 Å². The number of carbonyl (C=O) groups is 2. The Bertz CT molecular complexity index is 686. The highest BCUT2D eigenvalue weighted by Crippen LogP contribution is 2.46. The molecule has 0 amide bonds. The van der Waals surface area contributed by atoms with E-state index in [0.29, 0.717) is 5.56 Å². The van der Waals surface area contributed by atoms with Crippen LogP contribution in [0.5, 0.6) is 5.75 Å². The van der Waals surface area contributed by atoms with Gasteiger partial charge in [0, 0.05) is 5.02 Å². The molecule has 0 fully saturated rings. The van der Waals surface area contributed by atoms with E-state index in [1.54, 1.807) is 0 Å². The summed E-state index contributed by atoms with van der Waals surface area (Å²) in [7, 11) is 0. The Morgan fingerprint density at radius 1 is 1.12 bits per heavy atom. The molecule has 1 atom stereocenters. The maximum atomic E-state index is 12.8. The van der Waals surface area contributed by atoms with Gasteiger partial charge < -0.3 is 14.6 Å². The summed E-state index contributed by atoms with van der Waals surface area (Å²) < 4.78 is 85.4. The molecule has 0 saturated carbocycles. The van der Waals surface area contributed by atoms with Gasteiger partial charge >= 0.3 is 29.9 Å². The van der Waals surface area contributed by atoms with Crippen molar-refractivity contribution >= 4 is 23.5 Å². The number of esters is 1. The van der Waals surface area contributed by atoms with Gasteiger partial charge in [-0.1, -0.05) is 11.6 Å². The molecule has 1 aromatic carbocycles. The van der Waals surface area contributed by atoms with Crippen molar-refractivity contribution < 1.29 is 50.5 Å². The number of halogens is 7. The van der Waals surface area contributed by atoms with E-state index in [4.69, 9.17) is 21.4 Å². The first-order valence-electron chi connectivity index (χ1n) is 6.66. The highest BCUT2D eigenvalue weighted by Gasteiger charge is 2.80. The third-order valence-electron chi connectivity index (χ3n) is 3.13. The van der Waals surface area contributed by atoms with Gasteiger partial charge in [0.05, 0.1) is 0 Å². The maximum Gasteiger partial charge on any atom is 0.449 e. The van der Waals surface area contributed by atoms with Gasteiger partial charge in [-0.2, -0.15) is 26.3 Å². The van der Waals surface area contributed by atoms with Crippen LogP contribution >= 0.6 is 11.6 Å². The molecule has 0 bridgehead atoms. The number of aliphatic carboxylic acids is 1. The molecule has 0 aliphatic heterocycles. The zero-order valence-electron chi connectivity index (χ0n) is 13.0. The minimum atomic E-state index is -6.46. The summed E-state index contributed by atoms with van der Waals surface area (Å²) >= 11 is 5.68. The van der Waals surface area contributed by atoms with Crippen LogP contribution in [0.1, 0.15) is 12.5 Å². The number of benzene rings is 1. The molecule has 12 heteroatoms. The molecule has 0 spiro atoms. The van der Waals surface area contributed by atoms with E-state index >= 15 is 0 Å². The van der Waals surface area contributed by atoms with Crippen molar-refractivity contribution in [2.45, 2.75) is 37.9 Å². The van der Waals surface area contributed by atoms with Crippen LogP contribution in [0.2, 0.25) is 5.02 Å². The number of carboxylic acids is 1. The maximum absolute atomic E-state index is 12.8. The normalized spacial score (nSPS) is 13.9. The molecule has 0 saturated heterocycles. The van der Waals surface area contributed by atoms with Crippen molar-refractivity contribution in [3.05, 3.63) is 28.8 Å². The summed E-state index contributed by atoms with van der Waals surface area (Å²) in [6.45, 7) is 2.25. The third-order valence-corrected chi connectivity index (χ3v) is 3.36. The number of ether oxygens (including phenoxy) is 2. The van der Waals surface area contributed by atoms with E-state index < -0.39 is 36.0 Å². The molecular formula is C14H11ClF6O5. The van der Waals surface area contributed by atoms with Crippen LogP contribution in [0.4, 0.5) is 26.3 Å². The number of hydrogen-bond donors (Lipinski definition) is 1. The van der Waals surface area contributed by atoms with E-state index in [1.165, 1.54) is 25.1 Å². The Labute approximate surface area is 147 Å². The summed E-state index contributed by atoms with van der Waals surface area (Å²) in [5.41, 5.74) is -5.39. The van der Waals surface area contributed by atoms with E-state index in [1.807, 2.05) is 0 Å². The predicted molar refractivity (Wildman–Crippen MR) is 74.8 cm³/mol. The number of aryl methyl sites for hydroxylation is 1. The third kappa shape index (κ3) is 4.14. The Hall–Kier alpha value is -2.17. The van der Waals surface area contributed by atoms with Crippen molar-refractivity contribution in [1.29, 1.82) is 0 Å². The second-order valence-electron chi connectivity index (χ2n) is 5.07. The molecular weight excluding hydrogens is 398 g/mol. The summed E-state index contributed by atoms with van der Waals surface area (Å²) in [6.07, 6.45) is -14.9. The van der Waals surface area contributed by atoms with Crippen LogP contribution in [0.15, 0.2) is 18.2 Å². The van der Waals surface area contributed by atoms with Gasteiger partial charge in [0.1, 0.15) is 5.75 Å². The largest absolute Gasteiger partial charge is 0.479 e. The highest BCUT2D eigenvalue weighted by atomic mass is 35.5. The van der Waals surface area contributed by atoms with Crippen LogP contribution in [-0.4, -0.2) is 41.1 Å². The fourth-order valence-corrected chi connectivity index (χ4v) is 2.01. The lowest BCUT2D eigenvalue weighted by molar-refractivity contribution is -0.358. The van der Waals surface area contributed by atoms with Crippen LogP contribution in [0.25, 0.3) is 0 Å². The molecule has 26 heavy (non-hydrogen) atoms. The van der Waals surface area contributed by atoms with Crippen LogP contribution in [-0.2, 0) is 14.3 Å². The number of rotatable bonds is 5. The van der Waals surface area contributed by atoms with Gasteiger partial charge in [-0.3, -0.25) is 0 Å². The van der Waals surface area contributed by atoms with Crippen molar-refractivity contribution in [2.75, 3.05) is 0 Å². The average molecular weight is 409 g/mol. The molecule has 0 radical (unpaired) electrons. The molecule has 1 rings (SSSR count). The smallest absolute Gasteiger partial charge is 0.449 e. The quantitative estimate of drug-likeness (QED) is 0.591. The predicted octanol–water partition coefficient (Wildman–Crippen LogP) is 3.91. The first-order chi connectivity index (χ1) is 11.6. The van der Waals surface area contributed by atoms with Crippen molar-refractivity contribution in [3.63, 3.8) is 0 Å². The van der Waals surface area contributed by atoms with Crippen LogP contribution in [0.3, 0.4) is 0 Å². The van der Waals surface area contributed by atoms with Gasteiger partial charge in [-0.15, -0.1) is 0 Å². The highest BCUT2D eigenvalue weighted by molar-refractivity contribution is 6.30. The Kier molecular flexibility index (Phi) is 6.07. The minimum absolute atomic E-state index is 0.0706. The van der Waals surface area contributed by atoms with Crippen molar-refractivity contribution in [3.8, 4) is 5.75 Å². The Morgan fingerprint density at radius 2 is 1.62 bits per heavy atom. The average Bonchev–Trinajstić information content (AvgIpc) is 2.44. The summed E-state index contributed by atoms with van der Waals surface area (Å²) in [5, 5.41) is 8.79. The van der Waals surface area contributed by atoms with Crippen LogP contribution in [0, 0.1) is 6.92 Å². The SMILES string of the molecule is Cc1cc(Cl)ccc1OC(C)C(=O)OC(C(=O)O)(C(F)(F)F)C(F)(F)F. The van der Waals surface area contributed by atoms with E-state index in [9.17, 15) is 35.9 Å². The lowest BCUT2D eigenvalue weighted by Gasteiger charge is -2.33. The molecule has 0 heterocycles. The lowest BCUT2D eigenvalue weighted by Crippen LogP contribution is -2.65. The van der Waals surface area contributed by atoms with E-state index in [2.05, 4.69) is 4.74 Å². The molecule has 0 aliphatic carbocycles. The first-order valence-corrected chi connectivity index (χ1v) is 7.03. The molecule has 0 aliphatic rings. The number of carboxylic acid groups (broad SMARTS) is 1. The second-order valence-corrected chi connectivity index (χ2v) is 5.51. The molecule has 1 unspecified atom stereocenters. The van der Waals surface area contributed by atoms with Gasteiger partial charge in [-0.25, -0.2) is 9.59 Å². The molecule has 146 valence electrons. The topological polar surface area (TPSA) is 72.8 Å². The lowest BCUT2D eigenvalue weighted by atomic mass is 10.0. The molecule has 1 aromatic rings. The second kappa shape index (κ2) is 7.22. The number of alkyl halides is 6. The fourth-order valence-electron chi connectivity index (χ4n) is 1.78. The first kappa shape index (κ1) is 21.9. The van der Waals surface area contributed by atoms with E-state index in [-0.39, 0.29) is 10.8 Å². The van der Waals surface area contributed by atoms with E-state index in [0.717, 1.165) is 6.92 Å². The molecule has 1 N–H and O–H groups in total. The Morgan fingerprint density at radius 3 is 2.00 bits per heavy atom. The standard InChI is InChI=1S/C14H11ClF6O5/c1-6-5-8(15)3-4-9(6)25-7(2)10(22)26-12(11(23)24,13(16,17)18)14(19,20)21/h3-5,7H,1-2H3,(H,23,24). The monoisotopic (exact) mass is 408 g/mol. The zero-order valence-corrected chi connectivity index (χ0v) is 13.8. The minimum Gasteiger partial charge on any atom is -0.479 e. The van der Waals surface area contributed by atoms with Crippen LogP contribution < -0.4 is 4.74 Å². The fraction of sp³-hybridized carbons (Fsp3) is 0.429. The molecule has 0 aromatic heterocycles. The van der Waals surface area contributed by atoms with Gasteiger partial charge in [0.25, 0.3) is 0 Å². The number of carbonyl (C=O) groups excluding carboxylic acids is 1. The van der Waals surface area contributed by atoms with Crippen molar-refractivity contribution in [2.24, 2.45) is 0 Å². The zero-order chi connectivity index (χ0) is 20.5. The molecule has 5 nitrogen and oxygen atoms in total. The van der Waals surface area contributed by atoms with Gasteiger partial charge in [0.2, 0.25) is 0 Å². The summed E-state index contributed by atoms with van der Waals surface area (Å²) in [6, 6.07) is 3.89. The summed E-state index contributed by atoms with van der Waals surface area (Å²) in [5.74, 6) is -5.67. The summed E-state index contributed by atoms with van der Waals surface area (Å²) in [4.78, 5) is 22.5. The van der Waals surface area contributed by atoms with Gasteiger partial charge in [-0.05, 0) is 37.6 Å². The number of hydrogen-bond acceptors (Lipinski definition) is 4.